The van der Waals surface area contributed by atoms with Gasteiger partial charge in [-0.2, -0.15) is 4.31 Å². The van der Waals surface area contributed by atoms with Crippen LogP contribution in [0.1, 0.15) is 47.0 Å². The van der Waals surface area contributed by atoms with Crippen LogP contribution in [0.2, 0.25) is 5.31 Å². The zero-order chi connectivity index (χ0) is 16.7. The monoisotopic (exact) mass is 343 g/mol. The SMILES string of the molecule is CC1(C)OB(C23CC(S(=O)(=O)N4CCOCC4)(C2)C3)OC1(C)C. The lowest BCUT2D eigenvalue weighted by atomic mass is 9.30. The Morgan fingerprint density at radius 3 is 1.87 bits per heavy atom. The van der Waals surface area contributed by atoms with Gasteiger partial charge in [-0.15, -0.1) is 0 Å². The van der Waals surface area contributed by atoms with E-state index in [0.29, 0.717) is 45.6 Å². The van der Waals surface area contributed by atoms with Gasteiger partial charge in [0.1, 0.15) is 0 Å². The average Bonchev–Trinajstić information content (AvgIpc) is 2.55. The molecule has 0 radical (unpaired) electrons. The first kappa shape index (κ1) is 16.3. The maximum atomic E-state index is 12.9. The Bertz CT molecular complexity index is 590. The third kappa shape index (κ3) is 1.99. The van der Waals surface area contributed by atoms with Gasteiger partial charge in [0.25, 0.3) is 0 Å². The van der Waals surface area contributed by atoms with Gasteiger partial charge in [-0.05, 0) is 47.0 Å². The molecule has 2 aliphatic heterocycles. The van der Waals surface area contributed by atoms with E-state index in [2.05, 4.69) is 0 Å². The van der Waals surface area contributed by atoms with E-state index in [1.54, 1.807) is 4.31 Å². The number of rotatable bonds is 3. The summed E-state index contributed by atoms with van der Waals surface area (Å²) in [6.45, 7) is 10.1. The maximum Gasteiger partial charge on any atom is 0.464 e. The molecule has 0 aromatic heterocycles. The van der Waals surface area contributed by atoms with Crippen molar-refractivity contribution < 1.29 is 22.5 Å². The van der Waals surface area contributed by atoms with Crippen LogP contribution in [0.15, 0.2) is 0 Å². The van der Waals surface area contributed by atoms with E-state index in [1.165, 1.54) is 0 Å². The van der Waals surface area contributed by atoms with Crippen LogP contribution < -0.4 is 0 Å². The maximum absolute atomic E-state index is 12.9. The molecule has 8 heteroatoms. The van der Waals surface area contributed by atoms with Gasteiger partial charge in [0.2, 0.25) is 10.0 Å². The first-order chi connectivity index (χ1) is 10.5. The third-order valence-corrected chi connectivity index (χ3v) is 9.21. The number of hydrogen-bond acceptors (Lipinski definition) is 5. The van der Waals surface area contributed by atoms with Gasteiger partial charge < -0.3 is 14.0 Å². The van der Waals surface area contributed by atoms with Crippen LogP contribution in [0.25, 0.3) is 0 Å². The van der Waals surface area contributed by atoms with Crippen molar-refractivity contribution in [3.63, 3.8) is 0 Å². The highest BCUT2D eigenvalue weighted by molar-refractivity contribution is 7.90. The largest absolute Gasteiger partial charge is 0.464 e. The number of nitrogens with zero attached hydrogens (tertiary/aromatic N) is 1. The van der Waals surface area contributed by atoms with Gasteiger partial charge in [-0.1, -0.05) is 0 Å². The molecule has 3 saturated carbocycles. The Hall–Kier alpha value is -0.145. The standard InChI is InChI=1S/C15H26BNO5S/c1-12(2)13(3,4)22-16(21-12)14-9-15(10-14,11-14)23(18,19)17-5-7-20-8-6-17/h5-11H2,1-4H3. The van der Waals surface area contributed by atoms with Crippen molar-refractivity contribution in [2.24, 2.45) is 0 Å². The molecule has 6 nitrogen and oxygen atoms in total. The Labute approximate surface area is 139 Å². The molecule has 130 valence electrons. The molecular weight excluding hydrogens is 317 g/mol. The zero-order valence-electron chi connectivity index (χ0n) is 14.4. The lowest BCUT2D eigenvalue weighted by Crippen LogP contribution is -2.74. The summed E-state index contributed by atoms with van der Waals surface area (Å²) in [6, 6.07) is 0. The smallest absolute Gasteiger partial charge is 0.403 e. The fraction of sp³-hybridized carbons (Fsp3) is 1.00. The van der Waals surface area contributed by atoms with E-state index in [4.69, 9.17) is 14.0 Å². The highest BCUT2D eigenvalue weighted by Gasteiger charge is 2.81. The van der Waals surface area contributed by atoms with Crippen molar-refractivity contribution >= 4 is 17.1 Å². The highest BCUT2D eigenvalue weighted by Crippen LogP contribution is 2.78. The van der Waals surface area contributed by atoms with Crippen LogP contribution >= 0.6 is 0 Å². The number of morpholine rings is 1. The average molecular weight is 343 g/mol. The highest BCUT2D eigenvalue weighted by atomic mass is 32.2. The minimum absolute atomic E-state index is 0.107. The Balaban J connectivity index is 1.47. The van der Waals surface area contributed by atoms with E-state index in [0.717, 1.165) is 0 Å². The summed E-state index contributed by atoms with van der Waals surface area (Å²) in [4.78, 5) is 0. The molecule has 0 amide bonds. The minimum atomic E-state index is -3.24. The van der Waals surface area contributed by atoms with Gasteiger partial charge in [0.15, 0.2) is 0 Å². The Kier molecular flexibility index (Phi) is 3.21. The second-order valence-corrected chi connectivity index (χ2v) is 11.0. The lowest BCUT2D eigenvalue weighted by molar-refractivity contribution is 0.00578. The van der Waals surface area contributed by atoms with Crippen LogP contribution in [-0.4, -0.2) is 62.1 Å². The van der Waals surface area contributed by atoms with Crippen LogP contribution in [0.5, 0.6) is 0 Å². The van der Waals surface area contributed by atoms with Crippen molar-refractivity contribution in [1.29, 1.82) is 0 Å². The van der Waals surface area contributed by atoms with Gasteiger partial charge in [0.05, 0.1) is 29.2 Å². The Morgan fingerprint density at radius 2 is 1.39 bits per heavy atom. The van der Waals surface area contributed by atoms with Crippen molar-refractivity contribution in [3.05, 3.63) is 0 Å². The molecule has 0 atom stereocenters. The summed E-state index contributed by atoms with van der Waals surface area (Å²) in [5.41, 5.74) is -0.716. The van der Waals surface area contributed by atoms with Crippen LogP contribution in [-0.2, 0) is 24.1 Å². The molecule has 0 spiro atoms. The topological polar surface area (TPSA) is 65.1 Å². The fourth-order valence-electron chi connectivity index (χ4n) is 4.45. The second-order valence-electron chi connectivity index (χ2n) is 8.68. The number of sulfonamides is 1. The van der Waals surface area contributed by atoms with E-state index < -0.39 is 14.8 Å². The molecule has 3 aliphatic carbocycles. The first-order valence-electron chi connectivity index (χ1n) is 8.47. The van der Waals surface area contributed by atoms with E-state index in [1.807, 2.05) is 27.7 Å². The molecular formula is C15H26BNO5S. The van der Waals surface area contributed by atoms with Gasteiger partial charge in [0, 0.05) is 18.4 Å². The third-order valence-electron chi connectivity index (χ3n) is 6.63. The van der Waals surface area contributed by atoms with E-state index >= 15 is 0 Å². The molecule has 0 N–H and O–H groups in total. The summed E-state index contributed by atoms with van der Waals surface area (Å²) in [7, 11) is -3.52. The van der Waals surface area contributed by atoms with Crippen molar-refractivity contribution in [3.8, 4) is 0 Å². The second kappa shape index (κ2) is 4.52. The fourth-order valence-corrected chi connectivity index (χ4v) is 7.03. The quantitative estimate of drug-likeness (QED) is 0.725. The van der Waals surface area contributed by atoms with Crippen molar-refractivity contribution in [1.82, 2.24) is 4.31 Å². The van der Waals surface area contributed by atoms with Crippen molar-refractivity contribution in [2.75, 3.05) is 26.3 Å². The summed E-state index contributed by atoms with van der Waals surface area (Å²) >= 11 is 0. The van der Waals surface area contributed by atoms with Gasteiger partial charge >= 0.3 is 7.12 Å². The Morgan fingerprint density at radius 1 is 0.913 bits per heavy atom. The number of hydrogen-bond donors (Lipinski definition) is 0. The van der Waals surface area contributed by atoms with Crippen LogP contribution in [0.4, 0.5) is 0 Å². The molecule has 23 heavy (non-hydrogen) atoms. The predicted molar refractivity (Wildman–Crippen MR) is 86.7 cm³/mol. The predicted octanol–water partition coefficient (Wildman–Crippen LogP) is 1.42. The first-order valence-corrected chi connectivity index (χ1v) is 9.91. The van der Waals surface area contributed by atoms with E-state index in [9.17, 15) is 8.42 Å². The lowest BCUT2D eigenvalue weighted by Gasteiger charge is -2.70. The molecule has 0 aromatic rings. The molecule has 2 heterocycles. The summed E-state index contributed by atoms with van der Waals surface area (Å²) < 4.78 is 44.5. The minimum Gasteiger partial charge on any atom is -0.403 e. The van der Waals surface area contributed by atoms with Gasteiger partial charge in [-0.3, -0.25) is 0 Å². The molecule has 5 fully saturated rings. The molecule has 5 rings (SSSR count). The molecule has 5 aliphatic rings. The summed E-state index contributed by atoms with van der Waals surface area (Å²) in [5.74, 6) is 0. The van der Waals surface area contributed by atoms with Crippen LogP contribution in [0, 0.1) is 0 Å². The normalized spacial score (nSPS) is 42.2. The molecule has 0 aromatic carbocycles. The van der Waals surface area contributed by atoms with Gasteiger partial charge in [-0.25, -0.2) is 8.42 Å². The van der Waals surface area contributed by atoms with Crippen LogP contribution in [0.3, 0.4) is 0 Å². The van der Waals surface area contributed by atoms with E-state index in [-0.39, 0.29) is 23.6 Å². The summed E-state index contributed by atoms with van der Waals surface area (Å²) in [5, 5.41) is -0.107. The molecule has 2 saturated heterocycles. The number of ether oxygens (including phenoxy) is 1. The zero-order valence-corrected chi connectivity index (χ0v) is 15.2. The van der Waals surface area contributed by atoms with Crippen molar-refractivity contribution in [2.45, 2.75) is 68.2 Å². The summed E-state index contributed by atoms with van der Waals surface area (Å²) in [6.07, 6.45) is 1.99. The molecule has 0 unspecified atom stereocenters. The molecule has 2 bridgehead atoms.